The van der Waals surface area contributed by atoms with Gasteiger partial charge in [0.05, 0.1) is 13.2 Å². The van der Waals surface area contributed by atoms with Crippen LogP contribution in [0.4, 0.5) is 0 Å². The van der Waals surface area contributed by atoms with Gasteiger partial charge < -0.3 is 20.1 Å². The van der Waals surface area contributed by atoms with Crippen molar-refractivity contribution in [2.24, 2.45) is 5.92 Å². The van der Waals surface area contributed by atoms with Crippen LogP contribution in [-0.2, 0) is 9.53 Å². The molecule has 94 valence electrons. The Morgan fingerprint density at radius 1 is 1.50 bits per heavy atom. The number of aliphatic carboxylic acids is 1. The molecule has 0 aromatic carbocycles. The van der Waals surface area contributed by atoms with Crippen LogP contribution >= 0.6 is 0 Å². The summed E-state index contributed by atoms with van der Waals surface area (Å²) in [5.74, 6) is -0.407. The molecule has 1 saturated carbocycles. The highest BCUT2D eigenvalue weighted by Gasteiger charge is 2.35. The van der Waals surface area contributed by atoms with Crippen LogP contribution in [0.2, 0.25) is 0 Å². The molecule has 1 unspecified atom stereocenters. The van der Waals surface area contributed by atoms with E-state index >= 15 is 0 Å². The van der Waals surface area contributed by atoms with Crippen molar-refractivity contribution in [1.29, 1.82) is 0 Å². The Kier molecular flexibility index (Phi) is 5.73. The summed E-state index contributed by atoms with van der Waals surface area (Å²) in [7, 11) is 3.99. The van der Waals surface area contributed by atoms with Crippen LogP contribution < -0.4 is 5.32 Å². The highest BCUT2D eigenvalue weighted by atomic mass is 16.5. The number of carboxylic acids is 1. The Bertz CT molecular complexity index is 217. The average molecular weight is 230 g/mol. The van der Waals surface area contributed by atoms with Crippen molar-refractivity contribution in [3.63, 3.8) is 0 Å². The van der Waals surface area contributed by atoms with Gasteiger partial charge in [-0.25, -0.2) is 0 Å². The molecule has 0 aromatic heterocycles. The highest BCUT2D eigenvalue weighted by molar-refractivity contribution is 5.74. The number of nitrogens with one attached hydrogen (secondary N) is 1. The standard InChI is InChI=1S/C11H22N2O3/c1-13(2)6-8-16-7-5-12-10(11(14)15)9-3-4-9/h9-10,12H,3-8H2,1-2H3,(H,14,15). The first kappa shape index (κ1) is 13.4. The Labute approximate surface area is 96.8 Å². The van der Waals surface area contributed by atoms with Crippen LogP contribution in [0.1, 0.15) is 12.8 Å². The second-order valence-electron chi connectivity index (χ2n) is 4.52. The molecule has 0 radical (unpaired) electrons. The van der Waals surface area contributed by atoms with E-state index in [1.807, 2.05) is 14.1 Å². The molecule has 2 N–H and O–H groups in total. The topological polar surface area (TPSA) is 61.8 Å². The minimum Gasteiger partial charge on any atom is -0.480 e. The Hall–Kier alpha value is -0.650. The summed E-state index contributed by atoms with van der Waals surface area (Å²) in [6, 6.07) is -0.377. The molecule has 0 aromatic rings. The molecule has 5 nitrogen and oxygen atoms in total. The molecular weight excluding hydrogens is 208 g/mol. The van der Waals surface area contributed by atoms with E-state index in [9.17, 15) is 4.79 Å². The summed E-state index contributed by atoms with van der Waals surface area (Å²) in [5, 5.41) is 12.0. The SMILES string of the molecule is CN(C)CCOCCNC(C(=O)O)C1CC1. The van der Waals surface area contributed by atoms with Crippen LogP contribution in [0, 0.1) is 5.92 Å². The lowest BCUT2D eigenvalue weighted by molar-refractivity contribution is -0.140. The number of rotatable bonds is 9. The zero-order valence-electron chi connectivity index (χ0n) is 10.1. The predicted octanol–water partition coefficient (Wildman–Crippen LogP) is 0.0174. The van der Waals surface area contributed by atoms with Gasteiger partial charge in [-0.2, -0.15) is 0 Å². The van der Waals surface area contributed by atoms with Crippen LogP contribution in [0.3, 0.4) is 0 Å². The van der Waals surface area contributed by atoms with Crippen LogP contribution in [0.15, 0.2) is 0 Å². The van der Waals surface area contributed by atoms with Gasteiger partial charge in [0.1, 0.15) is 6.04 Å². The van der Waals surface area contributed by atoms with Gasteiger partial charge in [-0.1, -0.05) is 0 Å². The predicted molar refractivity (Wildman–Crippen MR) is 61.5 cm³/mol. The third kappa shape index (κ3) is 5.44. The molecule has 5 heteroatoms. The van der Waals surface area contributed by atoms with Crippen LogP contribution in [0.5, 0.6) is 0 Å². The summed E-state index contributed by atoms with van der Waals surface area (Å²) < 4.78 is 5.38. The fraction of sp³-hybridized carbons (Fsp3) is 0.909. The number of hydrogen-bond donors (Lipinski definition) is 2. The molecule has 0 amide bonds. The molecule has 0 saturated heterocycles. The normalized spacial score (nSPS) is 17.7. The Morgan fingerprint density at radius 3 is 2.69 bits per heavy atom. The molecule has 0 aliphatic heterocycles. The number of ether oxygens (including phenoxy) is 1. The zero-order valence-corrected chi connectivity index (χ0v) is 10.1. The van der Waals surface area contributed by atoms with E-state index < -0.39 is 5.97 Å². The third-order valence-electron chi connectivity index (χ3n) is 2.65. The van der Waals surface area contributed by atoms with E-state index in [1.54, 1.807) is 0 Å². The quantitative estimate of drug-likeness (QED) is 0.547. The van der Waals surface area contributed by atoms with Crippen molar-refractivity contribution in [3.05, 3.63) is 0 Å². The smallest absolute Gasteiger partial charge is 0.320 e. The third-order valence-corrected chi connectivity index (χ3v) is 2.65. The molecule has 1 fully saturated rings. The number of hydrogen-bond acceptors (Lipinski definition) is 4. The zero-order chi connectivity index (χ0) is 12.0. The van der Waals surface area contributed by atoms with Crippen molar-refractivity contribution in [1.82, 2.24) is 10.2 Å². The Balaban J connectivity index is 1.98. The first-order valence-corrected chi connectivity index (χ1v) is 5.80. The summed E-state index contributed by atoms with van der Waals surface area (Å²) in [6.45, 7) is 2.77. The lowest BCUT2D eigenvalue weighted by Crippen LogP contribution is -2.40. The Morgan fingerprint density at radius 2 is 2.19 bits per heavy atom. The second kappa shape index (κ2) is 6.83. The van der Waals surface area contributed by atoms with E-state index in [4.69, 9.17) is 9.84 Å². The van der Waals surface area contributed by atoms with E-state index in [2.05, 4.69) is 10.2 Å². The van der Waals surface area contributed by atoms with Gasteiger partial charge in [0.15, 0.2) is 0 Å². The summed E-state index contributed by atoms with van der Waals surface area (Å²) >= 11 is 0. The fourth-order valence-electron chi connectivity index (χ4n) is 1.52. The molecule has 1 aliphatic carbocycles. The fourth-order valence-corrected chi connectivity index (χ4v) is 1.52. The molecule has 1 rings (SSSR count). The minimum atomic E-state index is -0.740. The van der Waals surface area contributed by atoms with Crippen LogP contribution in [0.25, 0.3) is 0 Å². The van der Waals surface area contributed by atoms with Gasteiger partial charge in [0, 0.05) is 13.1 Å². The number of carbonyl (C=O) groups is 1. The second-order valence-corrected chi connectivity index (χ2v) is 4.52. The average Bonchev–Trinajstić information content (AvgIpc) is 2.99. The van der Waals surface area contributed by atoms with E-state index in [-0.39, 0.29) is 6.04 Å². The van der Waals surface area contributed by atoms with Crippen molar-refractivity contribution < 1.29 is 14.6 Å². The van der Waals surface area contributed by atoms with Crippen molar-refractivity contribution in [2.45, 2.75) is 18.9 Å². The van der Waals surface area contributed by atoms with E-state index in [0.717, 1.165) is 19.4 Å². The number of carboxylic acid groups (broad SMARTS) is 1. The first-order chi connectivity index (χ1) is 7.61. The number of likely N-dealkylation sites (N-methyl/N-ethyl adjacent to an activating group) is 1. The van der Waals surface area contributed by atoms with Crippen molar-refractivity contribution in [3.8, 4) is 0 Å². The highest BCUT2D eigenvalue weighted by Crippen LogP contribution is 2.32. The maximum Gasteiger partial charge on any atom is 0.320 e. The minimum absolute atomic E-state index is 0.333. The lowest BCUT2D eigenvalue weighted by atomic mass is 10.2. The summed E-state index contributed by atoms with van der Waals surface area (Å²) in [4.78, 5) is 12.9. The first-order valence-electron chi connectivity index (χ1n) is 5.80. The van der Waals surface area contributed by atoms with E-state index in [0.29, 0.717) is 25.7 Å². The molecule has 0 heterocycles. The number of nitrogens with zero attached hydrogens (tertiary/aromatic N) is 1. The van der Waals surface area contributed by atoms with Gasteiger partial charge in [0.2, 0.25) is 0 Å². The molecule has 16 heavy (non-hydrogen) atoms. The molecular formula is C11H22N2O3. The molecule has 1 aliphatic rings. The van der Waals surface area contributed by atoms with Gasteiger partial charge in [-0.3, -0.25) is 4.79 Å². The van der Waals surface area contributed by atoms with Crippen molar-refractivity contribution >= 4 is 5.97 Å². The van der Waals surface area contributed by atoms with Crippen molar-refractivity contribution in [2.75, 3.05) is 40.4 Å². The summed E-state index contributed by atoms with van der Waals surface area (Å²) in [5.41, 5.74) is 0. The largest absolute Gasteiger partial charge is 0.480 e. The monoisotopic (exact) mass is 230 g/mol. The van der Waals surface area contributed by atoms with Crippen LogP contribution in [-0.4, -0.2) is 62.4 Å². The maximum absolute atomic E-state index is 10.9. The molecule has 0 bridgehead atoms. The van der Waals surface area contributed by atoms with Gasteiger partial charge in [-0.15, -0.1) is 0 Å². The van der Waals surface area contributed by atoms with E-state index in [1.165, 1.54) is 0 Å². The van der Waals surface area contributed by atoms with Gasteiger partial charge >= 0.3 is 5.97 Å². The van der Waals surface area contributed by atoms with Gasteiger partial charge in [0.25, 0.3) is 0 Å². The molecule has 0 spiro atoms. The lowest BCUT2D eigenvalue weighted by Gasteiger charge is -2.14. The molecule has 1 atom stereocenters. The summed E-state index contributed by atoms with van der Waals surface area (Å²) in [6.07, 6.45) is 2.07. The van der Waals surface area contributed by atoms with Gasteiger partial charge in [-0.05, 0) is 32.9 Å². The maximum atomic E-state index is 10.9.